The van der Waals surface area contributed by atoms with Crippen molar-refractivity contribution < 1.29 is 19.3 Å². The molecule has 29 heavy (non-hydrogen) atoms. The van der Waals surface area contributed by atoms with Gasteiger partial charge in [0.25, 0.3) is 0 Å². The van der Waals surface area contributed by atoms with Crippen molar-refractivity contribution in [3.63, 3.8) is 0 Å². The Hall–Kier alpha value is -1.57. The van der Waals surface area contributed by atoms with Crippen molar-refractivity contribution in [3.05, 3.63) is 59.9 Å². The van der Waals surface area contributed by atoms with E-state index in [1.165, 1.54) is 17.8 Å². The zero-order valence-electron chi connectivity index (χ0n) is 16.2. The minimum atomic E-state index is -0.584. The predicted octanol–water partition coefficient (Wildman–Crippen LogP) is 2.77. The molecule has 1 saturated heterocycles. The van der Waals surface area contributed by atoms with E-state index in [1.807, 2.05) is 0 Å². The lowest BCUT2D eigenvalue weighted by Gasteiger charge is -2.37. The van der Waals surface area contributed by atoms with Crippen molar-refractivity contribution in [2.24, 2.45) is 0 Å². The van der Waals surface area contributed by atoms with Crippen molar-refractivity contribution >= 4 is 30.5 Å². The molecule has 0 aromatic heterocycles. The summed E-state index contributed by atoms with van der Waals surface area (Å²) in [4.78, 5) is 4.57. The van der Waals surface area contributed by atoms with Crippen molar-refractivity contribution in [1.29, 1.82) is 0 Å². The molecular formula is C21H29Cl2FN2O3. The van der Waals surface area contributed by atoms with Crippen molar-refractivity contribution in [3.8, 4) is 5.75 Å². The van der Waals surface area contributed by atoms with E-state index in [-0.39, 0.29) is 43.8 Å². The first kappa shape index (κ1) is 25.5. The molecule has 0 aliphatic carbocycles. The highest BCUT2D eigenvalue weighted by molar-refractivity contribution is 5.85. The van der Waals surface area contributed by atoms with E-state index >= 15 is 0 Å². The van der Waals surface area contributed by atoms with Gasteiger partial charge in [-0.3, -0.25) is 4.90 Å². The number of aliphatic hydroxyl groups excluding tert-OH is 2. The molecule has 1 heterocycles. The first-order chi connectivity index (χ1) is 13.1. The summed E-state index contributed by atoms with van der Waals surface area (Å²) in [6.45, 7) is 4.50. The third kappa shape index (κ3) is 7.99. The lowest BCUT2D eigenvalue weighted by atomic mass is 10.1. The zero-order valence-corrected chi connectivity index (χ0v) is 17.9. The second kappa shape index (κ2) is 12.9. The predicted molar refractivity (Wildman–Crippen MR) is 118 cm³/mol. The van der Waals surface area contributed by atoms with Crippen LogP contribution < -0.4 is 9.64 Å². The van der Waals surface area contributed by atoms with Gasteiger partial charge in [0.1, 0.15) is 24.3 Å². The third-order valence-corrected chi connectivity index (χ3v) is 4.80. The molecule has 1 fully saturated rings. The summed E-state index contributed by atoms with van der Waals surface area (Å²) < 4.78 is 18.4. The number of ether oxygens (including phenoxy) is 1. The molecule has 162 valence electrons. The Kier molecular flexibility index (Phi) is 11.3. The molecule has 0 spiro atoms. The summed E-state index contributed by atoms with van der Waals surface area (Å²) in [5, 5.41) is 19.2. The summed E-state index contributed by atoms with van der Waals surface area (Å²) >= 11 is 0. The number of hydrogen-bond acceptors (Lipinski definition) is 5. The second-order valence-corrected chi connectivity index (χ2v) is 6.85. The molecule has 2 aromatic rings. The average Bonchev–Trinajstić information content (AvgIpc) is 2.69. The lowest BCUT2D eigenvalue weighted by Crippen LogP contribution is -2.49. The van der Waals surface area contributed by atoms with Crippen LogP contribution in [-0.2, 0) is 6.42 Å². The number of rotatable bonds is 8. The Morgan fingerprint density at radius 1 is 0.931 bits per heavy atom. The summed E-state index contributed by atoms with van der Waals surface area (Å²) in [6, 6.07) is 14.1. The topological polar surface area (TPSA) is 56.2 Å². The van der Waals surface area contributed by atoms with Crippen LogP contribution >= 0.6 is 24.8 Å². The molecule has 1 atom stereocenters. The maximum Gasteiger partial charge on any atom is 0.123 e. The van der Waals surface area contributed by atoms with E-state index in [2.05, 4.69) is 34.1 Å². The van der Waals surface area contributed by atoms with Crippen LogP contribution in [0, 0.1) is 5.82 Å². The first-order valence-corrected chi connectivity index (χ1v) is 9.37. The molecule has 0 amide bonds. The molecule has 2 N–H and O–H groups in total. The molecule has 0 bridgehead atoms. The molecule has 2 aromatic carbocycles. The van der Waals surface area contributed by atoms with Crippen LogP contribution in [0.1, 0.15) is 5.56 Å². The minimum absolute atomic E-state index is 0. The fraction of sp³-hybridized carbons (Fsp3) is 0.429. The number of β-amino-alcohol motifs (C(OH)–C–C–N with tert-alkyl or cyclic N) is 1. The molecule has 5 nitrogen and oxygen atoms in total. The smallest absolute Gasteiger partial charge is 0.123 e. The van der Waals surface area contributed by atoms with Gasteiger partial charge >= 0.3 is 0 Å². The molecular weight excluding hydrogens is 418 g/mol. The van der Waals surface area contributed by atoms with Crippen molar-refractivity contribution in [2.75, 3.05) is 50.8 Å². The van der Waals surface area contributed by atoms with E-state index in [4.69, 9.17) is 9.84 Å². The Bertz CT molecular complexity index is 696. The standard InChI is InChI=1S/C21H27FN2O3.2ClH/c22-18-3-7-21(8-4-18)27-16-20(26)15-23-10-12-24(13-11-23)19-5-1-17(2-6-19)9-14-25;;/h1-8,20,25-26H,9-16H2;2*1H. The third-order valence-electron chi connectivity index (χ3n) is 4.80. The van der Waals surface area contributed by atoms with E-state index in [0.29, 0.717) is 18.7 Å². The lowest BCUT2D eigenvalue weighted by molar-refractivity contribution is 0.0663. The van der Waals surface area contributed by atoms with Crippen LogP contribution in [0.4, 0.5) is 10.1 Å². The van der Waals surface area contributed by atoms with Gasteiger partial charge in [0.15, 0.2) is 0 Å². The van der Waals surface area contributed by atoms with Crippen LogP contribution in [0.15, 0.2) is 48.5 Å². The summed E-state index contributed by atoms with van der Waals surface area (Å²) in [5.74, 6) is 0.258. The van der Waals surface area contributed by atoms with Crippen LogP contribution in [0.3, 0.4) is 0 Å². The van der Waals surface area contributed by atoms with E-state index in [9.17, 15) is 9.50 Å². The minimum Gasteiger partial charge on any atom is -0.491 e. The Morgan fingerprint density at radius 2 is 1.55 bits per heavy atom. The van der Waals surface area contributed by atoms with Gasteiger partial charge in [-0.05, 0) is 48.4 Å². The van der Waals surface area contributed by atoms with Gasteiger partial charge < -0.3 is 19.8 Å². The zero-order chi connectivity index (χ0) is 19.1. The molecule has 0 saturated carbocycles. The van der Waals surface area contributed by atoms with Crippen LogP contribution in [0.2, 0.25) is 0 Å². The van der Waals surface area contributed by atoms with Crippen LogP contribution in [-0.4, -0.2) is 67.2 Å². The molecule has 1 unspecified atom stereocenters. The van der Waals surface area contributed by atoms with Gasteiger partial charge in [-0.1, -0.05) is 12.1 Å². The van der Waals surface area contributed by atoms with Crippen molar-refractivity contribution in [1.82, 2.24) is 4.90 Å². The number of aliphatic hydroxyl groups is 2. The normalized spacial score (nSPS) is 15.2. The van der Waals surface area contributed by atoms with Gasteiger partial charge in [0.05, 0.1) is 0 Å². The van der Waals surface area contributed by atoms with Gasteiger partial charge in [0.2, 0.25) is 0 Å². The van der Waals surface area contributed by atoms with Crippen LogP contribution in [0.5, 0.6) is 5.75 Å². The molecule has 3 rings (SSSR count). The number of anilines is 1. The van der Waals surface area contributed by atoms with Crippen LogP contribution in [0.25, 0.3) is 0 Å². The van der Waals surface area contributed by atoms with E-state index < -0.39 is 6.10 Å². The largest absolute Gasteiger partial charge is 0.491 e. The Morgan fingerprint density at radius 3 is 2.14 bits per heavy atom. The summed E-state index contributed by atoms with van der Waals surface area (Å²) in [6.07, 6.45) is 0.103. The maximum absolute atomic E-state index is 12.9. The molecule has 8 heteroatoms. The number of nitrogens with zero attached hydrogens (tertiary/aromatic N) is 2. The SMILES string of the molecule is Cl.Cl.OCCc1ccc(N2CCN(CC(O)COc3ccc(F)cc3)CC2)cc1. The van der Waals surface area contributed by atoms with Crippen molar-refractivity contribution in [2.45, 2.75) is 12.5 Å². The number of halogens is 3. The highest BCUT2D eigenvalue weighted by atomic mass is 35.5. The van der Waals surface area contributed by atoms with Gasteiger partial charge in [0, 0.05) is 45.0 Å². The maximum atomic E-state index is 12.9. The van der Waals surface area contributed by atoms with Gasteiger partial charge in [-0.2, -0.15) is 0 Å². The molecule has 1 aliphatic heterocycles. The van der Waals surface area contributed by atoms with Gasteiger partial charge in [-0.15, -0.1) is 24.8 Å². The number of hydrogen-bond donors (Lipinski definition) is 2. The molecule has 0 radical (unpaired) electrons. The summed E-state index contributed by atoms with van der Waals surface area (Å²) in [5.41, 5.74) is 2.33. The van der Waals surface area contributed by atoms with E-state index in [1.54, 1.807) is 12.1 Å². The van der Waals surface area contributed by atoms with E-state index in [0.717, 1.165) is 31.7 Å². The monoisotopic (exact) mass is 446 g/mol. The highest BCUT2D eigenvalue weighted by Gasteiger charge is 2.19. The Balaban J connectivity index is 0.00000210. The average molecular weight is 447 g/mol. The fourth-order valence-corrected chi connectivity index (χ4v) is 3.27. The Labute approximate surface area is 183 Å². The summed E-state index contributed by atoms with van der Waals surface area (Å²) in [7, 11) is 0. The fourth-order valence-electron chi connectivity index (χ4n) is 3.27. The molecule has 1 aliphatic rings. The first-order valence-electron chi connectivity index (χ1n) is 9.37. The van der Waals surface area contributed by atoms with Gasteiger partial charge in [-0.25, -0.2) is 4.39 Å². The number of piperazine rings is 1. The quantitative estimate of drug-likeness (QED) is 0.652. The highest BCUT2D eigenvalue weighted by Crippen LogP contribution is 2.18. The second-order valence-electron chi connectivity index (χ2n) is 6.85. The number of benzene rings is 2.